The van der Waals surface area contributed by atoms with Crippen molar-refractivity contribution in [2.24, 2.45) is 0 Å². The summed E-state index contributed by atoms with van der Waals surface area (Å²) in [7, 11) is 0. The van der Waals surface area contributed by atoms with Gasteiger partial charge >= 0.3 is 0 Å². The minimum absolute atomic E-state index is 0.620. The van der Waals surface area contributed by atoms with E-state index in [4.69, 9.17) is 11.6 Å². The number of hydrogen-bond donors (Lipinski definition) is 2. The Labute approximate surface area is 80.5 Å². The Kier molecular flexibility index (Phi) is 2.57. The van der Waals surface area contributed by atoms with Crippen molar-refractivity contribution < 1.29 is 4.68 Å². The normalized spacial score (nSPS) is 10.2. The van der Waals surface area contributed by atoms with Gasteiger partial charge in [-0.15, -0.1) is 4.68 Å². The lowest BCUT2D eigenvalue weighted by atomic mass is 10.1. The Morgan fingerprint density at radius 2 is 2.17 bits per heavy atom. The average molecular weight is 231 g/mol. The number of pyridine rings is 1. The van der Waals surface area contributed by atoms with Crippen LogP contribution in [0.3, 0.4) is 0 Å². The van der Waals surface area contributed by atoms with E-state index in [9.17, 15) is 0 Å². The van der Waals surface area contributed by atoms with E-state index >= 15 is 0 Å². The summed E-state index contributed by atoms with van der Waals surface area (Å²) in [5.41, 5.74) is 8.01. The van der Waals surface area contributed by atoms with E-state index in [0.29, 0.717) is 5.82 Å². The summed E-state index contributed by atoms with van der Waals surface area (Å²) in [6.07, 6.45) is 2.73. The van der Waals surface area contributed by atoms with Crippen LogP contribution in [0.15, 0.2) is 10.7 Å². The number of nitrogen functional groups attached to an aromatic ring is 2. The maximum Gasteiger partial charge on any atom is 0.298 e. The van der Waals surface area contributed by atoms with Crippen molar-refractivity contribution in [2.45, 2.75) is 20.3 Å². The topological polar surface area (TPSA) is 55.9 Å². The van der Waals surface area contributed by atoms with Gasteiger partial charge in [0.2, 0.25) is 0 Å². The van der Waals surface area contributed by atoms with Crippen LogP contribution in [0.2, 0.25) is 0 Å². The van der Waals surface area contributed by atoms with Crippen molar-refractivity contribution in [3.63, 3.8) is 0 Å². The fourth-order valence-corrected chi connectivity index (χ4v) is 2.03. The third-order valence-corrected chi connectivity index (χ3v) is 2.69. The predicted octanol–water partition coefficient (Wildman–Crippen LogP) is 0.903. The summed E-state index contributed by atoms with van der Waals surface area (Å²) in [5, 5.41) is 0. The zero-order chi connectivity index (χ0) is 9.30. The Morgan fingerprint density at radius 3 is 2.67 bits per heavy atom. The maximum atomic E-state index is 5.74. The molecule has 1 aromatic rings. The van der Waals surface area contributed by atoms with Gasteiger partial charge in [-0.1, -0.05) is 6.92 Å². The van der Waals surface area contributed by atoms with Crippen LogP contribution < -0.4 is 16.3 Å². The van der Waals surface area contributed by atoms with Gasteiger partial charge in [0, 0.05) is 5.56 Å². The first-order chi connectivity index (χ1) is 5.57. The highest BCUT2D eigenvalue weighted by atomic mass is 79.9. The van der Waals surface area contributed by atoms with Crippen molar-refractivity contribution in [3.8, 4) is 0 Å². The first-order valence-corrected chi connectivity index (χ1v) is 4.61. The number of aromatic nitrogens is 1. The van der Waals surface area contributed by atoms with Gasteiger partial charge in [-0.3, -0.25) is 11.6 Å². The molecule has 66 valence electrons. The molecule has 0 aliphatic carbocycles. The van der Waals surface area contributed by atoms with Crippen molar-refractivity contribution in [1.29, 1.82) is 0 Å². The van der Waals surface area contributed by atoms with Crippen LogP contribution >= 0.6 is 15.9 Å². The molecule has 4 heteroatoms. The van der Waals surface area contributed by atoms with E-state index in [-0.39, 0.29) is 0 Å². The number of nitrogens with two attached hydrogens (primary N) is 2. The highest BCUT2D eigenvalue weighted by Gasteiger charge is 2.12. The molecule has 4 N–H and O–H groups in total. The Morgan fingerprint density at radius 1 is 1.58 bits per heavy atom. The standard InChI is InChI=1S/C8H12BrN3/c1-3-6-5(2)8(10)12(11)4-7(6)9/h4,10H,3,11H2,1-2H3/p+1. The molecule has 0 saturated carbocycles. The van der Waals surface area contributed by atoms with Gasteiger partial charge in [-0.05, 0) is 34.8 Å². The van der Waals surface area contributed by atoms with E-state index in [0.717, 1.165) is 16.5 Å². The molecule has 0 unspecified atom stereocenters. The minimum Gasteiger partial charge on any atom is -0.285 e. The van der Waals surface area contributed by atoms with Gasteiger partial charge in [0.05, 0.1) is 4.47 Å². The van der Waals surface area contributed by atoms with Gasteiger partial charge in [-0.2, -0.15) is 0 Å². The third-order valence-electron chi connectivity index (χ3n) is 2.01. The molecule has 0 spiro atoms. The van der Waals surface area contributed by atoms with Crippen LogP contribution in [0.1, 0.15) is 18.1 Å². The van der Waals surface area contributed by atoms with Crippen molar-refractivity contribution in [2.75, 3.05) is 11.6 Å². The maximum absolute atomic E-state index is 5.74. The van der Waals surface area contributed by atoms with Gasteiger partial charge in [0.25, 0.3) is 5.82 Å². The molecule has 3 nitrogen and oxygen atoms in total. The quantitative estimate of drug-likeness (QED) is 0.557. The smallest absolute Gasteiger partial charge is 0.285 e. The molecule has 0 amide bonds. The molecule has 0 bridgehead atoms. The molecule has 0 fully saturated rings. The summed E-state index contributed by atoms with van der Waals surface area (Å²) < 4.78 is 2.44. The summed E-state index contributed by atoms with van der Waals surface area (Å²) >= 11 is 3.44. The second-order valence-electron chi connectivity index (χ2n) is 2.73. The molecule has 0 aromatic carbocycles. The molecular weight excluding hydrogens is 218 g/mol. The third kappa shape index (κ3) is 1.39. The molecule has 0 aliphatic rings. The zero-order valence-electron chi connectivity index (χ0n) is 7.26. The average Bonchev–Trinajstić information content (AvgIpc) is 2.01. The van der Waals surface area contributed by atoms with Crippen LogP contribution in [0.4, 0.5) is 5.82 Å². The van der Waals surface area contributed by atoms with Gasteiger partial charge in [0.15, 0.2) is 0 Å². The first kappa shape index (κ1) is 9.32. The summed E-state index contributed by atoms with van der Waals surface area (Å²) in [4.78, 5) is 0. The first-order valence-electron chi connectivity index (χ1n) is 3.82. The van der Waals surface area contributed by atoms with E-state index in [1.807, 2.05) is 6.92 Å². The molecule has 0 radical (unpaired) electrons. The number of nitrogens with zero attached hydrogens (tertiary/aromatic N) is 1. The van der Waals surface area contributed by atoms with Gasteiger partial charge < -0.3 is 0 Å². The van der Waals surface area contributed by atoms with Crippen LogP contribution in [0.5, 0.6) is 0 Å². The largest absolute Gasteiger partial charge is 0.298 e. The van der Waals surface area contributed by atoms with Crippen molar-refractivity contribution in [3.05, 3.63) is 21.8 Å². The fraction of sp³-hybridized carbons (Fsp3) is 0.375. The minimum atomic E-state index is 0.620. The SMILES string of the molecule is CCc1c(Br)c[n+](N)c(N)c1C. The van der Waals surface area contributed by atoms with Crippen LogP contribution in [0.25, 0.3) is 0 Å². The molecule has 1 aromatic heterocycles. The van der Waals surface area contributed by atoms with Crippen LogP contribution in [-0.4, -0.2) is 0 Å². The Hall–Kier alpha value is -0.770. The molecule has 1 heterocycles. The zero-order valence-corrected chi connectivity index (χ0v) is 8.85. The number of hydrogen-bond acceptors (Lipinski definition) is 2. The highest BCUT2D eigenvalue weighted by Crippen LogP contribution is 2.21. The van der Waals surface area contributed by atoms with Gasteiger partial charge in [0.1, 0.15) is 6.20 Å². The van der Waals surface area contributed by atoms with Crippen LogP contribution in [0, 0.1) is 6.92 Å². The van der Waals surface area contributed by atoms with Crippen molar-refractivity contribution in [1.82, 2.24) is 0 Å². The number of rotatable bonds is 1. The van der Waals surface area contributed by atoms with E-state index < -0.39 is 0 Å². The lowest BCUT2D eigenvalue weighted by molar-refractivity contribution is -0.624. The fourth-order valence-electron chi connectivity index (χ4n) is 1.23. The summed E-state index contributed by atoms with van der Waals surface area (Å²) in [6.45, 7) is 4.07. The molecule has 0 aliphatic heterocycles. The molecule has 1 rings (SSSR count). The summed E-state index contributed by atoms with van der Waals surface area (Å²) in [5.74, 6) is 6.23. The van der Waals surface area contributed by atoms with Crippen LogP contribution in [-0.2, 0) is 6.42 Å². The van der Waals surface area contributed by atoms with Gasteiger partial charge in [-0.25, -0.2) is 0 Å². The second-order valence-corrected chi connectivity index (χ2v) is 3.58. The summed E-state index contributed by atoms with van der Waals surface area (Å²) in [6, 6.07) is 0. The Bertz CT molecular complexity index is 310. The molecular formula is C8H13BrN3+. The monoisotopic (exact) mass is 230 g/mol. The van der Waals surface area contributed by atoms with E-state index in [1.54, 1.807) is 6.20 Å². The predicted molar refractivity (Wildman–Crippen MR) is 53.0 cm³/mol. The number of anilines is 1. The second kappa shape index (κ2) is 3.31. The lowest BCUT2D eigenvalue weighted by Crippen LogP contribution is -2.47. The molecule has 0 saturated heterocycles. The molecule has 12 heavy (non-hydrogen) atoms. The molecule has 0 atom stereocenters. The lowest BCUT2D eigenvalue weighted by Gasteiger charge is -2.06. The van der Waals surface area contributed by atoms with Crippen molar-refractivity contribution >= 4 is 21.7 Å². The van der Waals surface area contributed by atoms with E-state index in [2.05, 4.69) is 22.9 Å². The highest BCUT2D eigenvalue weighted by molar-refractivity contribution is 9.10. The van der Waals surface area contributed by atoms with E-state index in [1.165, 1.54) is 10.2 Å². The number of halogens is 1. The Balaban J connectivity index is 3.40.